The molecule has 0 bridgehead atoms. The second-order valence-corrected chi connectivity index (χ2v) is 5.93. The highest BCUT2D eigenvalue weighted by molar-refractivity contribution is 5.80. The van der Waals surface area contributed by atoms with E-state index in [4.69, 9.17) is 4.74 Å². The molecule has 5 nitrogen and oxygen atoms in total. The van der Waals surface area contributed by atoms with Crippen molar-refractivity contribution in [3.05, 3.63) is 30.1 Å². The molecule has 4 heterocycles. The Labute approximate surface area is 123 Å². The Bertz CT molecular complexity index is 658. The lowest BCUT2D eigenvalue weighted by Crippen LogP contribution is -2.43. The van der Waals surface area contributed by atoms with Crippen molar-refractivity contribution >= 4 is 17.0 Å². The van der Waals surface area contributed by atoms with Crippen molar-refractivity contribution in [1.82, 2.24) is 14.9 Å². The summed E-state index contributed by atoms with van der Waals surface area (Å²) in [5.74, 6) is 0.515. The molecule has 4 rings (SSSR count). The molecule has 110 valence electrons. The molecule has 0 aromatic carbocycles. The monoisotopic (exact) mass is 285 g/mol. The van der Waals surface area contributed by atoms with Crippen LogP contribution in [0.3, 0.4) is 0 Å². The topological polar surface area (TPSA) is 58.2 Å². The number of pyridine rings is 1. The second-order valence-electron chi connectivity index (χ2n) is 5.93. The number of fused-ring (bicyclic) bond motifs is 1. The number of nitrogens with zero attached hydrogens (tertiary/aromatic N) is 2. The maximum Gasteiger partial charge on any atom is 0.323 e. The highest BCUT2D eigenvalue weighted by Gasteiger charge is 2.35. The van der Waals surface area contributed by atoms with Crippen LogP contribution in [0.2, 0.25) is 0 Å². The van der Waals surface area contributed by atoms with Crippen molar-refractivity contribution in [2.45, 2.75) is 31.2 Å². The van der Waals surface area contributed by atoms with Crippen LogP contribution in [0.15, 0.2) is 24.5 Å². The average Bonchev–Trinajstić information content (AvgIpc) is 3.14. The van der Waals surface area contributed by atoms with Gasteiger partial charge in [-0.1, -0.05) is 0 Å². The van der Waals surface area contributed by atoms with Crippen LogP contribution in [0.4, 0.5) is 0 Å². The number of cyclic esters (lactones) is 1. The van der Waals surface area contributed by atoms with E-state index in [9.17, 15) is 4.79 Å². The first-order valence-corrected chi connectivity index (χ1v) is 7.65. The number of nitrogens with one attached hydrogen (secondary N) is 1. The van der Waals surface area contributed by atoms with Gasteiger partial charge in [0.05, 0.1) is 6.61 Å². The summed E-state index contributed by atoms with van der Waals surface area (Å²) in [6.07, 6.45) is 6.94. The predicted molar refractivity (Wildman–Crippen MR) is 79.0 cm³/mol. The van der Waals surface area contributed by atoms with Crippen molar-refractivity contribution in [1.29, 1.82) is 0 Å². The number of aromatic amines is 1. The summed E-state index contributed by atoms with van der Waals surface area (Å²) in [5, 5.41) is 1.23. The Morgan fingerprint density at radius 3 is 2.90 bits per heavy atom. The van der Waals surface area contributed by atoms with Gasteiger partial charge >= 0.3 is 5.97 Å². The third-order valence-corrected chi connectivity index (χ3v) is 4.80. The zero-order valence-corrected chi connectivity index (χ0v) is 11.9. The number of carbonyl (C=O) groups excluding carboxylic acids is 1. The van der Waals surface area contributed by atoms with Gasteiger partial charge in [0.15, 0.2) is 0 Å². The molecular weight excluding hydrogens is 266 g/mol. The molecule has 2 aromatic heterocycles. The molecule has 21 heavy (non-hydrogen) atoms. The summed E-state index contributed by atoms with van der Waals surface area (Å²) >= 11 is 0. The molecule has 0 amide bonds. The first-order valence-electron chi connectivity index (χ1n) is 7.65. The lowest BCUT2D eigenvalue weighted by atomic mass is 9.89. The summed E-state index contributed by atoms with van der Waals surface area (Å²) in [6, 6.07) is 4.12. The molecule has 0 unspecified atom stereocenters. The molecule has 0 spiro atoms. The maximum atomic E-state index is 11.7. The Morgan fingerprint density at radius 1 is 1.29 bits per heavy atom. The number of piperidine rings is 1. The van der Waals surface area contributed by atoms with E-state index >= 15 is 0 Å². The lowest BCUT2D eigenvalue weighted by Gasteiger charge is -2.34. The minimum Gasteiger partial charge on any atom is -0.464 e. The van der Waals surface area contributed by atoms with E-state index < -0.39 is 0 Å². The van der Waals surface area contributed by atoms with Crippen LogP contribution in [0.1, 0.15) is 30.7 Å². The van der Waals surface area contributed by atoms with E-state index in [0.717, 1.165) is 38.0 Å². The van der Waals surface area contributed by atoms with Gasteiger partial charge in [-0.2, -0.15) is 0 Å². The summed E-state index contributed by atoms with van der Waals surface area (Å²) < 4.78 is 5.08. The zero-order valence-electron chi connectivity index (χ0n) is 11.9. The quantitative estimate of drug-likeness (QED) is 0.858. The normalized spacial score (nSPS) is 24.6. The third kappa shape index (κ3) is 2.21. The van der Waals surface area contributed by atoms with Gasteiger partial charge in [-0.05, 0) is 49.5 Å². The van der Waals surface area contributed by atoms with Crippen molar-refractivity contribution in [3.63, 3.8) is 0 Å². The van der Waals surface area contributed by atoms with Gasteiger partial charge in [0.1, 0.15) is 11.7 Å². The van der Waals surface area contributed by atoms with Crippen LogP contribution in [-0.2, 0) is 9.53 Å². The molecule has 0 saturated carbocycles. The van der Waals surface area contributed by atoms with Crippen LogP contribution in [0, 0.1) is 0 Å². The summed E-state index contributed by atoms with van der Waals surface area (Å²) in [7, 11) is 0. The van der Waals surface area contributed by atoms with Crippen LogP contribution in [0.5, 0.6) is 0 Å². The third-order valence-electron chi connectivity index (χ3n) is 4.80. The maximum absolute atomic E-state index is 11.7. The molecule has 1 N–H and O–H groups in total. The van der Waals surface area contributed by atoms with Crippen LogP contribution in [-0.4, -0.2) is 46.6 Å². The number of esters is 1. The van der Waals surface area contributed by atoms with Gasteiger partial charge in [0.2, 0.25) is 0 Å². The van der Waals surface area contributed by atoms with Gasteiger partial charge in [0.25, 0.3) is 0 Å². The van der Waals surface area contributed by atoms with Crippen molar-refractivity contribution < 1.29 is 9.53 Å². The SMILES string of the molecule is O=C1OCC[C@@H]1N1CCC(c2c[nH]c3ncccc23)CC1. The molecule has 1 atom stereocenters. The van der Waals surface area contributed by atoms with Crippen molar-refractivity contribution in [2.24, 2.45) is 0 Å². The molecule has 0 aliphatic carbocycles. The number of hydrogen-bond acceptors (Lipinski definition) is 4. The van der Waals surface area contributed by atoms with Gasteiger partial charge < -0.3 is 9.72 Å². The highest BCUT2D eigenvalue weighted by atomic mass is 16.5. The summed E-state index contributed by atoms with van der Waals surface area (Å²) in [4.78, 5) is 21.6. The van der Waals surface area contributed by atoms with Crippen molar-refractivity contribution in [3.8, 4) is 0 Å². The standard InChI is InChI=1S/C16H19N3O2/c20-16-14(5-9-21-16)19-7-3-11(4-8-19)13-10-18-15-12(13)2-1-6-17-15/h1-2,6,10-11,14H,3-5,7-9H2,(H,17,18)/t14-/m0/s1. The number of H-pyrrole nitrogens is 1. The molecule has 2 aromatic rings. The minimum absolute atomic E-state index is 0.00409. The minimum atomic E-state index is -0.0373. The molecule has 2 saturated heterocycles. The fourth-order valence-electron chi connectivity index (χ4n) is 3.65. The van der Waals surface area contributed by atoms with Gasteiger partial charge in [-0.15, -0.1) is 0 Å². The van der Waals surface area contributed by atoms with Crippen LogP contribution in [0.25, 0.3) is 11.0 Å². The Balaban J connectivity index is 1.49. The van der Waals surface area contributed by atoms with E-state index in [-0.39, 0.29) is 12.0 Å². The Morgan fingerprint density at radius 2 is 2.14 bits per heavy atom. The number of likely N-dealkylation sites (tertiary alicyclic amines) is 1. The molecule has 2 aliphatic rings. The second kappa shape index (κ2) is 5.15. The summed E-state index contributed by atoms with van der Waals surface area (Å²) in [5.41, 5.74) is 2.33. The van der Waals surface area contributed by atoms with Crippen LogP contribution < -0.4 is 0 Å². The van der Waals surface area contributed by atoms with E-state index in [0.29, 0.717) is 12.5 Å². The predicted octanol–water partition coefficient (Wildman–Crippen LogP) is 2.06. The molecule has 0 radical (unpaired) electrons. The first kappa shape index (κ1) is 12.8. The molecule has 2 aliphatic heterocycles. The van der Waals surface area contributed by atoms with Gasteiger partial charge in [-0.3, -0.25) is 9.69 Å². The first-order chi connectivity index (χ1) is 10.3. The van der Waals surface area contributed by atoms with E-state index in [1.54, 1.807) is 0 Å². The fraction of sp³-hybridized carbons (Fsp3) is 0.500. The van der Waals surface area contributed by atoms with Gasteiger partial charge in [0, 0.05) is 24.2 Å². The lowest BCUT2D eigenvalue weighted by molar-refractivity contribution is -0.142. The Hall–Kier alpha value is -1.88. The number of aromatic nitrogens is 2. The number of ether oxygens (including phenoxy) is 1. The smallest absolute Gasteiger partial charge is 0.323 e. The highest BCUT2D eigenvalue weighted by Crippen LogP contribution is 2.33. The number of rotatable bonds is 2. The van der Waals surface area contributed by atoms with E-state index in [1.807, 2.05) is 12.3 Å². The van der Waals surface area contributed by atoms with Crippen molar-refractivity contribution in [2.75, 3.05) is 19.7 Å². The average molecular weight is 285 g/mol. The van der Waals surface area contributed by atoms with Crippen LogP contribution >= 0.6 is 0 Å². The fourth-order valence-corrected chi connectivity index (χ4v) is 3.65. The molecular formula is C16H19N3O2. The molecule has 5 heteroatoms. The molecule has 2 fully saturated rings. The number of carbonyl (C=O) groups is 1. The zero-order chi connectivity index (χ0) is 14.2. The Kier molecular flexibility index (Phi) is 3.15. The van der Waals surface area contributed by atoms with E-state index in [2.05, 4.69) is 27.1 Å². The largest absolute Gasteiger partial charge is 0.464 e. The number of hydrogen-bond donors (Lipinski definition) is 1. The van der Waals surface area contributed by atoms with Gasteiger partial charge in [-0.25, -0.2) is 4.98 Å². The van der Waals surface area contributed by atoms with E-state index in [1.165, 1.54) is 10.9 Å². The summed E-state index contributed by atoms with van der Waals surface area (Å²) in [6.45, 7) is 2.52.